The van der Waals surface area contributed by atoms with E-state index in [-0.39, 0.29) is 11.4 Å². The van der Waals surface area contributed by atoms with E-state index in [1.54, 1.807) is 6.92 Å². The van der Waals surface area contributed by atoms with Crippen molar-refractivity contribution in [3.8, 4) is 0 Å². The third-order valence-electron chi connectivity index (χ3n) is 3.94. The fourth-order valence-corrected chi connectivity index (χ4v) is 2.59. The summed E-state index contributed by atoms with van der Waals surface area (Å²) in [4.78, 5) is 22.2. The molecule has 1 aromatic carbocycles. The van der Waals surface area contributed by atoms with Crippen LogP contribution in [-0.4, -0.2) is 42.2 Å². The molecule has 0 unspecified atom stereocenters. The Balaban J connectivity index is 1.93. The van der Waals surface area contributed by atoms with Crippen LogP contribution in [-0.2, 0) is 10.9 Å². The monoisotopic (exact) mass is 366 g/mol. The maximum atomic E-state index is 13.1. The SMILES string of the molecule is Cc1cnc(C(=O)Nc2cc(C(F)(F)F)ccc2N2CCOCC2)cn1. The van der Waals surface area contributed by atoms with Gasteiger partial charge >= 0.3 is 6.18 Å². The third kappa shape index (κ3) is 4.10. The van der Waals surface area contributed by atoms with E-state index in [1.807, 2.05) is 4.90 Å². The van der Waals surface area contributed by atoms with Crippen LogP contribution in [0.3, 0.4) is 0 Å². The lowest BCUT2D eigenvalue weighted by Gasteiger charge is -2.31. The minimum atomic E-state index is -4.51. The highest BCUT2D eigenvalue weighted by molar-refractivity contribution is 6.04. The summed E-state index contributed by atoms with van der Waals surface area (Å²) in [5, 5.41) is 2.53. The van der Waals surface area contributed by atoms with Crippen molar-refractivity contribution < 1.29 is 22.7 Å². The molecule has 6 nitrogen and oxygen atoms in total. The largest absolute Gasteiger partial charge is 0.416 e. The van der Waals surface area contributed by atoms with E-state index in [0.29, 0.717) is 37.7 Å². The van der Waals surface area contributed by atoms with Gasteiger partial charge in [0.2, 0.25) is 0 Å². The van der Waals surface area contributed by atoms with Crippen molar-refractivity contribution in [3.05, 3.63) is 47.5 Å². The van der Waals surface area contributed by atoms with Gasteiger partial charge in [0, 0.05) is 19.3 Å². The van der Waals surface area contributed by atoms with E-state index in [0.717, 1.165) is 12.1 Å². The molecule has 0 bridgehead atoms. The molecule has 0 atom stereocenters. The molecule has 1 fully saturated rings. The van der Waals surface area contributed by atoms with Crippen molar-refractivity contribution in [2.75, 3.05) is 36.5 Å². The summed E-state index contributed by atoms with van der Waals surface area (Å²) in [6.45, 7) is 3.71. The van der Waals surface area contributed by atoms with E-state index < -0.39 is 17.6 Å². The molecule has 9 heteroatoms. The molecule has 2 aromatic rings. The molecule has 0 radical (unpaired) electrons. The zero-order chi connectivity index (χ0) is 18.7. The number of amides is 1. The van der Waals surface area contributed by atoms with Crippen molar-refractivity contribution in [2.24, 2.45) is 0 Å². The molecule has 1 saturated heterocycles. The van der Waals surface area contributed by atoms with Gasteiger partial charge in [-0.25, -0.2) is 4.98 Å². The number of hydrogen-bond donors (Lipinski definition) is 1. The number of nitrogens with zero attached hydrogens (tertiary/aromatic N) is 3. The Morgan fingerprint density at radius 3 is 2.54 bits per heavy atom. The first kappa shape index (κ1) is 18.1. The quantitative estimate of drug-likeness (QED) is 0.905. The lowest BCUT2D eigenvalue weighted by atomic mass is 10.1. The molecule has 1 N–H and O–H groups in total. The Hall–Kier alpha value is -2.68. The van der Waals surface area contributed by atoms with Crippen molar-refractivity contribution in [1.29, 1.82) is 0 Å². The van der Waals surface area contributed by atoms with Crippen LogP contribution >= 0.6 is 0 Å². The van der Waals surface area contributed by atoms with Gasteiger partial charge in [0.1, 0.15) is 5.69 Å². The number of rotatable bonds is 3. The van der Waals surface area contributed by atoms with Crippen LogP contribution in [0, 0.1) is 6.92 Å². The van der Waals surface area contributed by atoms with Gasteiger partial charge in [-0.1, -0.05) is 0 Å². The highest BCUT2D eigenvalue weighted by atomic mass is 19.4. The first-order chi connectivity index (χ1) is 12.3. The number of aryl methyl sites for hydroxylation is 1. The topological polar surface area (TPSA) is 67.4 Å². The van der Waals surface area contributed by atoms with Crippen molar-refractivity contribution in [1.82, 2.24) is 9.97 Å². The van der Waals surface area contributed by atoms with E-state index in [1.165, 1.54) is 18.5 Å². The van der Waals surface area contributed by atoms with E-state index >= 15 is 0 Å². The number of ether oxygens (including phenoxy) is 1. The average molecular weight is 366 g/mol. The Morgan fingerprint density at radius 1 is 1.19 bits per heavy atom. The predicted molar refractivity (Wildman–Crippen MR) is 89.2 cm³/mol. The van der Waals surface area contributed by atoms with E-state index in [9.17, 15) is 18.0 Å². The van der Waals surface area contributed by atoms with Gasteiger partial charge in [-0.05, 0) is 25.1 Å². The molecule has 3 rings (SSSR count). The second kappa shape index (κ2) is 7.28. The first-order valence-corrected chi connectivity index (χ1v) is 7.98. The summed E-state index contributed by atoms with van der Waals surface area (Å²) in [6, 6.07) is 3.31. The van der Waals surface area contributed by atoms with Crippen LogP contribution < -0.4 is 10.2 Å². The van der Waals surface area contributed by atoms with Gasteiger partial charge in [-0.3, -0.25) is 9.78 Å². The Kier molecular flexibility index (Phi) is 5.08. The van der Waals surface area contributed by atoms with Crippen molar-refractivity contribution in [2.45, 2.75) is 13.1 Å². The number of halogens is 3. The Bertz CT molecular complexity index is 788. The van der Waals surface area contributed by atoms with Crippen LogP contribution in [0.15, 0.2) is 30.6 Å². The minimum absolute atomic E-state index is 0.0286. The summed E-state index contributed by atoms with van der Waals surface area (Å²) in [6.07, 6.45) is -1.80. The van der Waals surface area contributed by atoms with Crippen LogP contribution in [0.4, 0.5) is 24.5 Å². The van der Waals surface area contributed by atoms with Crippen LogP contribution in [0.2, 0.25) is 0 Å². The number of morpholine rings is 1. The molecule has 1 aliphatic heterocycles. The van der Waals surface area contributed by atoms with Gasteiger partial charge in [0.15, 0.2) is 0 Å². The number of benzene rings is 1. The highest BCUT2D eigenvalue weighted by Crippen LogP contribution is 2.35. The van der Waals surface area contributed by atoms with Gasteiger partial charge in [0.25, 0.3) is 5.91 Å². The molecule has 2 heterocycles. The van der Waals surface area contributed by atoms with Crippen LogP contribution in [0.1, 0.15) is 21.7 Å². The number of hydrogen-bond acceptors (Lipinski definition) is 5. The van der Waals surface area contributed by atoms with Crippen LogP contribution in [0.5, 0.6) is 0 Å². The summed E-state index contributed by atoms with van der Waals surface area (Å²) >= 11 is 0. The maximum Gasteiger partial charge on any atom is 0.416 e. The molecule has 0 aliphatic carbocycles. The average Bonchev–Trinajstić information content (AvgIpc) is 2.62. The Morgan fingerprint density at radius 2 is 1.92 bits per heavy atom. The summed E-state index contributed by atoms with van der Waals surface area (Å²) in [5.74, 6) is -0.619. The third-order valence-corrected chi connectivity index (χ3v) is 3.94. The van der Waals surface area contributed by atoms with Gasteiger partial charge < -0.3 is 15.0 Å². The van der Waals surface area contributed by atoms with E-state index in [2.05, 4.69) is 15.3 Å². The van der Waals surface area contributed by atoms with Crippen LogP contribution in [0.25, 0.3) is 0 Å². The number of carbonyl (C=O) groups excluding carboxylic acids is 1. The molecular weight excluding hydrogens is 349 g/mol. The summed E-state index contributed by atoms with van der Waals surface area (Å²) in [7, 11) is 0. The lowest BCUT2D eigenvalue weighted by Crippen LogP contribution is -2.37. The normalized spacial score (nSPS) is 15.0. The molecule has 1 aliphatic rings. The Labute approximate surface area is 148 Å². The van der Waals surface area contributed by atoms with Crippen molar-refractivity contribution in [3.63, 3.8) is 0 Å². The number of aromatic nitrogens is 2. The zero-order valence-corrected chi connectivity index (χ0v) is 14.0. The van der Waals surface area contributed by atoms with Gasteiger partial charge in [0.05, 0.1) is 42.0 Å². The standard InChI is InChI=1S/C17H17F3N4O2/c1-11-9-22-14(10-21-11)16(25)23-13-8-12(17(18,19)20)2-3-15(13)24-4-6-26-7-5-24/h2-3,8-10H,4-7H2,1H3,(H,23,25). The van der Waals surface area contributed by atoms with Gasteiger partial charge in [-0.15, -0.1) is 0 Å². The minimum Gasteiger partial charge on any atom is -0.378 e. The molecule has 1 aromatic heterocycles. The van der Waals surface area contributed by atoms with E-state index in [4.69, 9.17) is 4.74 Å². The molecule has 138 valence electrons. The number of carbonyl (C=O) groups is 1. The zero-order valence-electron chi connectivity index (χ0n) is 14.0. The number of anilines is 2. The van der Waals surface area contributed by atoms with Gasteiger partial charge in [-0.2, -0.15) is 13.2 Å². The molecule has 1 amide bonds. The molecule has 26 heavy (non-hydrogen) atoms. The smallest absolute Gasteiger partial charge is 0.378 e. The first-order valence-electron chi connectivity index (χ1n) is 7.98. The summed E-state index contributed by atoms with van der Waals surface area (Å²) < 4.78 is 44.5. The molecule has 0 spiro atoms. The van der Waals surface area contributed by atoms with Crippen molar-refractivity contribution >= 4 is 17.3 Å². The fourth-order valence-electron chi connectivity index (χ4n) is 2.59. The lowest BCUT2D eigenvalue weighted by molar-refractivity contribution is -0.137. The highest BCUT2D eigenvalue weighted by Gasteiger charge is 2.32. The number of nitrogens with one attached hydrogen (secondary N) is 1. The maximum absolute atomic E-state index is 13.1. The predicted octanol–water partition coefficient (Wildman–Crippen LogP) is 2.89. The fraction of sp³-hybridized carbons (Fsp3) is 0.353. The second-order valence-electron chi connectivity index (χ2n) is 5.83. The summed E-state index contributed by atoms with van der Waals surface area (Å²) in [5.41, 5.74) is 0.416. The second-order valence-corrected chi connectivity index (χ2v) is 5.83. The number of alkyl halides is 3. The molecule has 0 saturated carbocycles. The molecular formula is C17H17F3N4O2.